The van der Waals surface area contributed by atoms with Crippen molar-refractivity contribution in [2.75, 3.05) is 6.61 Å². The van der Waals surface area contributed by atoms with Crippen LogP contribution in [0.5, 0.6) is 0 Å². The molecule has 0 radical (unpaired) electrons. The molecule has 0 aliphatic heterocycles. The Morgan fingerprint density at radius 3 is 2.29 bits per heavy atom. The number of hydrogen-bond acceptors (Lipinski definition) is 2. The van der Waals surface area contributed by atoms with Crippen LogP contribution in [-0.4, -0.2) is 12.1 Å². The van der Waals surface area contributed by atoms with Gasteiger partial charge in [-0.1, -0.05) is 29.8 Å². The van der Waals surface area contributed by atoms with E-state index in [-0.39, 0.29) is 5.54 Å². The molecule has 0 bridgehead atoms. The van der Waals surface area contributed by atoms with Crippen LogP contribution in [0.4, 0.5) is 0 Å². The third-order valence-electron chi connectivity index (χ3n) is 1.86. The number of nitrogens with two attached hydrogens (primary N) is 1. The molecule has 0 unspecified atom stereocenters. The summed E-state index contributed by atoms with van der Waals surface area (Å²) < 4.78 is 5.50. The molecule has 14 heavy (non-hydrogen) atoms. The number of rotatable bonds is 4. The first kappa shape index (κ1) is 11.2. The zero-order chi connectivity index (χ0) is 10.6. The first-order valence-corrected chi connectivity index (χ1v) is 4.89. The molecule has 2 N–H and O–H groups in total. The van der Waals surface area contributed by atoms with E-state index in [2.05, 4.69) is 31.2 Å². The Morgan fingerprint density at radius 1 is 1.21 bits per heavy atom. The van der Waals surface area contributed by atoms with Crippen molar-refractivity contribution in [3.63, 3.8) is 0 Å². The highest BCUT2D eigenvalue weighted by atomic mass is 16.5. The van der Waals surface area contributed by atoms with Crippen molar-refractivity contribution in [3.8, 4) is 0 Å². The highest BCUT2D eigenvalue weighted by Gasteiger charge is 2.09. The molecule has 0 amide bonds. The van der Waals surface area contributed by atoms with Gasteiger partial charge in [0.25, 0.3) is 0 Å². The van der Waals surface area contributed by atoms with Crippen molar-refractivity contribution in [1.29, 1.82) is 0 Å². The van der Waals surface area contributed by atoms with Gasteiger partial charge in [-0.2, -0.15) is 0 Å². The summed E-state index contributed by atoms with van der Waals surface area (Å²) in [7, 11) is 0. The monoisotopic (exact) mass is 193 g/mol. The molecule has 0 fully saturated rings. The van der Waals surface area contributed by atoms with E-state index in [1.807, 2.05) is 13.8 Å². The Hall–Kier alpha value is -0.860. The van der Waals surface area contributed by atoms with Crippen LogP contribution < -0.4 is 5.73 Å². The lowest BCUT2D eigenvalue weighted by Gasteiger charge is -2.18. The molecule has 0 heterocycles. The van der Waals surface area contributed by atoms with E-state index >= 15 is 0 Å². The van der Waals surface area contributed by atoms with Gasteiger partial charge in [-0.05, 0) is 26.3 Å². The SMILES string of the molecule is Cc1ccc(COCC(C)(C)N)cc1. The van der Waals surface area contributed by atoms with Gasteiger partial charge in [0, 0.05) is 5.54 Å². The maximum atomic E-state index is 5.80. The summed E-state index contributed by atoms with van der Waals surface area (Å²) in [5, 5.41) is 0. The average molecular weight is 193 g/mol. The van der Waals surface area contributed by atoms with Crippen LogP contribution in [0, 0.1) is 6.92 Å². The lowest BCUT2D eigenvalue weighted by atomic mass is 10.1. The van der Waals surface area contributed by atoms with E-state index in [0.717, 1.165) is 0 Å². The van der Waals surface area contributed by atoms with E-state index in [4.69, 9.17) is 10.5 Å². The summed E-state index contributed by atoms with van der Waals surface area (Å²) in [4.78, 5) is 0. The Labute approximate surface area is 86.1 Å². The standard InChI is InChI=1S/C12H19NO/c1-10-4-6-11(7-5-10)8-14-9-12(2,3)13/h4-7H,8-9,13H2,1-3H3. The number of ether oxygens (including phenoxy) is 1. The quantitative estimate of drug-likeness (QED) is 0.796. The molecule has 2 nitrogen and oxygen atoms in total. The lowest BCUT2D eigenvalue weighted by molar-refractivity contribution is 0.0851. The molecule has 1 aromatic carbocycles. The normalized spacial score (nSPS) is 11.7. The van der Waals surface area contributed by atoms with Gasteiger partial charge in [-0.25, -0.2) is 0 Å². The predicted molar refractivity (Wildman–Crippen MR) is 59.1 cm³/mol. The van der Waals surface area contributed by atoms with Gasteiger partial charge in [-0.3, -0.25) is 0 Å². The van der Waals surface area contributed by atoms with E-state index in [0.29, 0.717) is 13.2 Å². The van der Waals surface area contributed by atoms with Gasteiger partial charge < -0.3 is 10.5 Å². The van der Waals surface area contributed by atoms with E-state index < -0.39 is 0 Å². The molecule has 0 aliphatic rings. The minimum absolute atomic E-state index is 0.245. The molecule has 0 aliphatic carbocycles. The van der Waals surface area contributed by atoms with Crippen LogP contribution in [0.15, 0.2) is 24.3 Å². The molecular formula is C12H19NO. The molecule has 0 saturated heterocycles. The van der Waals surface area contributed by atoms with Gasteiger partial charge in [-0.15, -0.1) is 0 Å². The van der Waals surface area contributed by atoms with Gasteiger partial charge in [0.15, 0.2) is 0 Å². The zero-order valence-corrected chi connectivity index (χ0v) is 9.21. The van der Waals surface area contributed by atoms with Crippen molar-refractivity contribution < 1.29 is 4.74 Å². The van der Waals surface area contributed by atoms with Gasteiger partial charge in [0.2, 0.25) is 0 Å². The summed E-state index contributed by atoms with van der Waals surface area (Å²) in [5.74, 6) is 0. The maximum Gasteiger partial charge on any atom is 0.0717 e. The summed E-state index contributed by atoms with van der Waals surface area (Å²) >= 11 is 0. The molecule has 78 valence electrons. The summed E-state index contributed by atoms with van der Waals surface area (Å²) in [6.07, 6.45) is 0. The predicted octanol–water partition coefficient (Wildman–Crippen LogP) is 2.25. The first-order valence-electron chi connectivity index (χ1n) is 4.89. The van der Waals surface area contributed by atoms with Crippen molar-refractivity contribution in [3.05, 3.63) is 35.4 Å². The fourth-order valence-corrected chi connectivity index (χ4v) is 1.12. The van der Waals surface area contributed by atoms with Crippen molar-refractivity contribution >= 4 is 0 Å². The minimum atomic E-state index is -0.245. The highest BCUT2D eigenvalue weighted by Crippen LogP contribution is 2.06. The van der Waals surface area contributed by atoms with Crippen molar-refractivity contribution in [1.82, 2.24) is 0 Å². The minimum Gasteiger partial charge on any atom is -0.375 e. The van der Waals surface area contributed by atoms with Crippen LogP contribution in [-0.2, 0) is 11.3 Å². The maximum absolute atomic E-state index is 5.80. The fourth-order valence-electron chi connectivity index (χ4n) is 1.12. The van der Waals surface area contributed by atoms with Gasteiger partial charge in [0.1, 0.15) is 0 Å². The van der Waals surface area contributed by atoms with Crippen LogP contribution in [0.3, 0.4) is 0 Å². The smallest absolute Gasteiger partial charge is 0.0717 e. The third-order valence-corrected chi connectivity index (χ3v) is 1.86. The van der Waals surface area contributed by atoms with Crippen LogP contribution in [0.1, 0.15) is 25.0 Å². The number of aryl methyl sites for hydroxylation is 1. The van der Waals surface area contributed by atoms with E-state index in [1.165, 1.54) is 11.1 Å². The van der Waals surface area contributed by atoms with E-state index in [9.17, 15) is 0 Å². The number of benzene rings is 1. The van der Waals surface area contributed by atoms with Crippen LogP contribution in [0.25, 0.3) is 0 Å². The Morgan fingerprint density at radius 2 is 1.79 bits per heavy atom. The largest absolute Gasteiger partial charge is 0.375 e. The van der Waals surface area contributed by atoms with Crippen molar-refractivity contribution in [2.45, 2.75) is 32.9 Å². The molecule has 2 heteroatoms. The number of hydrogen-bond donors (Lipinski definition) is 1. The van der Waals surface area contributed by atoms with Gasteiger partial charge in [0.05, 0.1) is 13.2 Å². The zero-order valence-electron chi connectivity index (χ0n) is 9.21. The van der Waals surface area contributed by atoms with Crippen LogP contribution >= 0.6 is 0 Å². The Bertz CT molecular complexity index is 271. The second kappa shape index (κ2) is 4.58. The average Bonchev–Trinajstić information content (AvgIpc) is 2.06. The lowest BCUT2D eigenvalue weighted by Crippen LogP contribution is -2.37. The second-order valence-electron chi connectivity index (χ2n) is 4.47. The molecule has 1 rings (SSSR count). The van der Waals surface area contributed by atoms with Crippen LogP contribution in [0.2, 0.25) is 0 Å². The van der Waals surface area contributed by atoms with Crippen molar-refractivity contribution in [2.24, 2.45) is 5.73 Å². The van der Waals surface area contributed by atoms with Gasteiger partial charge >= 0.3 is 0 Å². The molecule has 0 spiro atoms. The summed E-state index contributed by atoms with van der Waals surface area (Å²) in [6.45, 7) is 7.22. The molecule has 0 saturated carbocycles. The molecule has 1 aromatic rings. The highest BCUT2D eigenvalue weighted by molar-refractivity contribution is 5.20. The molecule has 0 aromatic heterocycles. The Kier molecular flexibility index (Phi) is 3.67. The first-order chi connectivity index (χ1) is 6.47. The fraction of sp³-hybridized carbons (Fsp3) is 0.500. The molecule has 0 atom stereocenters. The third kappa shape index (κ3) is 4.40. The summed E-state index contributed by atoms with van der Waals surface area (Å²) in [6, 6.07) is 8.34. The Balaban J connectivity index is 2.35. The van der Waals surface area contributed by atoms with E-state index in [1.54, 1.807) is 0 Å². The topological polar surface area (TPSA) is 35.2 Å². The molecular weight excluding hydrogens is 174 g/mol. The second-order valence-corrected chi connectivity index (χ2v) is 4.47. The summed E-state index contributed by atoms with van der Waals surface area (Å²) in [5.41, 5.74) is 8.02.